The number of methoxy groups -OCH3 is 1. The molecule has 0 unspecified atom stereocenters. The first-order valence-corrected chi connectivity index (χ1v) is 8.97. The van der Waals surface area contributed by atoms with E-state index in [1.54, 1.807) is 19.2 Å². The van der Waals surface area contributed by atoms with E-state index in [4.69, 9.17) is 9.47 Å². The average Bonchev–Trinajstić information content (AvgIpc) is 2.67. The third-order valence-electron chi connectivity index (χ3n) is 3.87. The topological polar surface area (TPSA) is 30.5 Å². The van der Waals surface area contributed by atoms with Crippen molar-refractivity contribution in [3.05, 3.63) is 88.1 Å². The largest absolute Gasteiger partial charge is 0.493 e. The number of hydrogen-bond donors (Lipinski definition) is 1. The fourth-order valence-corrected chi connectivity index (χ4v) is 3.05. The summed E-state index contributed by atoms with van der Waals surface area (Å²) >= 11 is 3.51. The molecule has 0 spiro atoms. The van der Waals surface area contributed by atoms with E-state index < -0.39 is 0 Å². The number of benzene rings is 3. The molecule has 0 bridgehead atoms. The Morgan fingerprint density at radius 1 is 1.00 bits per heavy atom. The van der Waals surface area contributed by atoms with Crippen molar-refractivity contribution >= 4 is 21.6 Å². The van der Waals surface area contributed by atoms with E-state index in [-0.39, 0.29) is 5.82 Å². The van der Waals surface area contributed by atoms with Gasteiger partial charge in [0.1, 0.15) is 12.4 Å². The number of halogens is 2. The van der Waals surface area contributed by atoms with Crippen LogP contribution in [0.3, 0.4) is 0 Å². The summed E-state index contributed by atoms with van der Waals surface area (Å²) in [5.74, 6) is 1.09. The minimum absolute atomic E-state index is 0.258. The van der Waals surface area contributed by atoms with E-state index in [0.29, 0.717) is 24.7 Å². The Morgan fingerprint density at radius 2 is 1.73 bits per heavy atom. The lowest BCUT2D eigenvalue weighted by Crippen LogP contribution is -2.05. The lowest BCUT2D eigenvalue weighted by Gasteiger charge is -2.17. The summed E-state index contributed by atoms with van der Waals surface area (Å²) in [5.41, 5.74) is 2.85. The van der Waals surface area contributed by atoms with Crippen LogP contribution in [-0.2, 0) is 13.2 Å². The summed E-state index contributed by atoms with van der Waals surface area (Å²) in [6.07, 6.45) is 0. The molecule has 1 N–H and O–H groups in total. The van der Waals surface area contributed by atoms with Crippen LogP contribution in [0.4, 0.5) is 10.1 Å². The molecule has 0 aliphatic heterocycles. The summed E-state index contributed by atoms with van der Waals surface area (Å²) in [6, 6.07) is 20.1. The number of hydrogen-bond acceptors (Lipinski definition) is 3. The number of ether oxygens (including phenoxy) is 2. The van der Waals surface area contributed by atoms with Gasteiger partial charge >= 0.3 is 0 Å². The van der Waals surface area contributed by atoms with Gasteiger partial charge in [-0.25, -0.2) is 4.39 Å². The molecule has 3 aromatic rings. The molecule has 0 radical (unpaired) electrons. The maximum Gasteiger partial charge on any atom is 0.166 e. The summed E-state index contributed by atoms with van der Waals surface area (Å²) in [6.45, 7) is 0.966. The number of nitrogens with one attached hydrogen (secondary N) is 1. The molecule has 0 aliphatic rings. The molecule has 0 heterocycles. The molecular weight excluding hydrogens is 397 g/mol. The van der Waals surface area contributed by atoms with Crippen LogP contribution in [-0.4, -0.2) is 7.11 Å². The zero-order chi connectivity index (χ0) is 18.4. The van der Waals surface area contributed by atoms with Gasteiger partial charge in [0.05, 0.1) is 7.11 Å². The summed E-state index contributed by atoms with van der Waals surface area (Å²) in [5, 5.41) is 3.28. The van der Waals surface area contributed by atoms with Gasteiger partial charge < -0.3 is 14.8 Å². The lowest BCUT2D eigenvalue weighted by atomic mass is 10.1. The molecular formula is C21H19BrFNO2. The third kappa shape index (κ3) is 4.76. The first-order chi connectivity index (χ1) is 12.7. The quantitative estimate of drug-likeness (QED) is 0.529. The zero-order valence-electron chi connectivity index (χ0n) is 14.3. The van der Waals surface area contributed by atoms with Crippen molar-refractivity contribution in [3.63, 3.8) is 0 Å². The molecule has 26 heavy (non-hydrogen) atoms. The van der Waals surface area contributed by atoms with E-state index in [1.165, 1.54) is 12.1 Å². The van der Waals surface area contributed by atoms with Crippen LogP contribution < -0.4 is 14.8 Å². The molecule has 3 rings (SSSR count). The Hall–Kier alpha value is -2.53. The summed E-state index contributed by atoms with van der Waals surface area (Å²) in [4.78, 5) is 0. The van der Waals surface area contributed by atoms with Crippen LogP contribution in [0.5, 0.6) is 11.5 Å². The molecule has 134 valence electrons. The maximum absolute atomic E-state index is 13.1. The maximum atomic E-state index is 13.1. The molecule has 5 heteroatoms. The van der Waals surface area contributed by atoms with Gasteiger partial charge in [-0.3, -0.25) is 0 Å². The van der Waals surface area contributed by atoms with Gasteiger partial charge in [0.25, 0.3) is 0 Å². The van der Waals surface area contributed by atoms with Crippen molar-refractivity contribution in [1.29, 1.82) is 0 Å². The Bertz CT molecular complexity index is 854. The number of rotatable bonds is 7. The average molecular weight is 416 g/mol. The van der Waals surface area contributed by atoms with Gasteiger partial charge in [-0.15, -0.1) is 0 Å². The Morgan fingerprint density at radius 3 is 2.42 bits per heavy atom. The first-order valence-electron chi connectivity index (χ1n) is 8.18. The highest BCUT2D eigenvalue weighted by molar-refractivity contribution is 9.10. The molecule has 0 aliphatic carbocycles. The Kier molecular flexibility index (Phi) is 6.12. The van der Waals surface area contributed by atoms with Crippen LogP contribution >= 0.6 is 15.9 Å². The monoisotopic (exact) mass is 415 g/mol. The van der Waals surface area contributed by atoms with Gasteiger partial charge in [-0.2, -0.15) is 0 Å². The van der Waals surface area contributed by atoms with E-state index in [0.717, 1.165) is 21.3 Å². The fourth-order valence-electron chi connectivity index (χ4n) is 2.56. The summed E-state index contributed by atoms with van der Waals surface area (Å²) in [7, 11) is 1.62. The van der Waals surface area contributed by atoms with Crippen LogP contribution in [0, 0.1) is 5.82 Å². The second-order valence-corrected chi connectivity index (χ2v) is 6.65. The second-order valence-electron chi connectivity index (χ2n) is 5.73. The minimum atomic E-state index is -0.258. The van der Waals surface area contributed by atoms with Crippen molar-refractivity contribution in [2.24, 2.45) is 0 Å². The molecule has 0 saturated heterocycles. The van der Waals surface area contributed by atoms with E-state index in [1.807, 2.05) is 42.5 Å². The Balaban J connectivity index is 1.80. The third-order valence-corrected chi connectivity index (χ3v) is 4.33. The SMILES string of the molecule is COc1cc(Br)cc(CNc2ccc(F)cc2)c1OCc1ccccc1. The first kappa shape index (κ1) is 18.3. The van der Waals surface area contributed by atoms with Crippen LogP contribution in [0.2, 0.25) is 0 Å². The lowest BCUT2D eigenvalue weighted by molar-refractivity contribution is 0.281. The van der Waals surface area contributed by atoms with E-state index in [2.05, 4.69) is 21.2 Å². The fraction of sp³-hybridized carbons (Fsp3) is 0.143. The van der Waals surface area contributed by atoms with Gasteiger partial charge in [-0.1, -0.05) is 46.3 Å². The van der Waals surface area contributed by atoms with Crippen molar-refractivity contribution in [1.82, 2.24) is 0 Å². The van der Waals surface area contributed by atoms with Crippen molar-refractivity contribution < 1.29 is 13.9 Å². The van der Waals surface area contributed by atoms with Crippen LogP contribution in [0.25, 0.3) is 0 Å². The van der Waals surface area contributed by atoms with Gasteiger partial charge in [0.15, 0.2) is 11.5 Å². The molecule has 3 nitrogen and oxygen atoms in total. The predicted octanol–water partition coefficient (Wildman–Crippen LogP) is 5.79. The molecule has 0 atom stereocenters. The molecule has 0 amide bonds. The summed E-state index contributed by atoms with van der Waals surface area (Å²) < 4.78 is 25.5. The van der Waals surface area contributed by atoms with E-state index >= 15 is 0 Å². The van der Waals surface area contributed by atoms with Crippen molar-refractivity contribution in [3.8, 4) is 11.5 Å². The second kappa shape index (κ2) is 8.72. The standard InChI is InChI=1S/C21H19BrFNO2/c1-25-20-12-17(22)11-16(13-24-19-9-7-18(23)8-10-19)21(20)26-14-15-5-3-2-4-6-15/h2-12,24H,13-14H2,1H3. The predicted molar refractivity (Wildman–Crippen MR) is 105 cm³/mol. The van der Waals surface area contributed by atoms with Gasteiger partial charge in [0, 0.05) is 22.3 Å². The molecule has 0 saturated carbocycles. The van der Waals surface area contributed by atoms with E-state index in [9.17, 15) is 4.39 Å². The zero-order valence-corrected chi connectivity index (χ0v) is 15.9. The van der Waals surface area contributed by atoms with Gasteiger partial charge in [0.2, 0.25) is 0 Å². The smallest absolute Gasteiger partial charge is 0.166 e. The minimum Gasteiger partial charge on any atom is -0.493 e. The van der Waals surface area contributed by atoms with Crippen LogP contribution in [0.15, 0.2) is 71.2 Å². The normalized spacial score (nSPS) is 10.4. The van der Waals surface area contributed by atoms with Crippen LogP contribution in [0.1, 0.15) is 11.1 Å². The molecule has 0 fully saturated rings. The highest BCUT2D eigenvalue weighted by Gasteiger charge is 2.13. The van der Waals surface area contributed by atoms with Crippen molar-refractivity contribution in [2.75, 3.05) is 12.4 Å². The van der Waals surface area contributed by atoms with Gasteiger partial charge in [-0.05, 0) is 42.0 Å². The highest BCUT2D eigenvalue weighted by atomic mass is 79.9. The Labute approximate surface area is 160 Å². The molecule has 0 aromatic heterocycles. The molecule has 3 aromatic carbocycles. The number of anilines is 1. The highest BCUT2D eigenvalue weighted by Crippen LogP contribution is 2.36. The van der Waals surface area contributed by atoms with Crippen molar-refractivity contribution in [2.45, 2.75) is 13.2 Å².